The van der Waals surface area contributed by atoms with E-state index in [9.17, 15) is 4.79 Å². The second-order valence-electron chi connectivity index (χ2n) is 3.25. The summed E-state index contributed by atoms with van der Waals surface area (Å²) in [6.45, 7) is 5.75. The van der Waals surface area contributed by atoms with Crippen LogP contribution in [0.3, 0.4) is 0 Å². The van der Waals surface area contributed by atoms with Crippen molar-refractivity contribution in [2.45, 2.75) is 27.2 Å². The van der Waals surface area contributed by atoms with Gasteiger partial charge < -0.3 is 9.67 Å². The molecular formula is C10H15NO2. The zero-order chi connectivity index (χ0) is 10.2. The zero-order valence-corrected chi connectivity index (χ0v) is 8.51. The van der Waals surface area contributed by atoms with Crippen LogP contribution in [0.1, 0.15) is 34.2 Å². The molecule has 1 aromatic rings. The van der Waals surface area contributed by atoms with Crippen molar-refractivity contribution in [1.29, 1.82) is 0 Å². The molecule has 0 unspecified atom stereocenters. The SMILES string of the molecule is CCc1c(C)c(C(=O)O)c(C)n1C. The van der Waals surface area contributed by atoms with Crippen molar-refractivity contribution in [1.82, 2.24) is 4.57 Å². The van der Waals surface area contributed by atoms with E-state index in [4.69, 9.17) is 5.11 Å². The van der Waals surface area contributed by atoms with E-state index in [0.717, 1.165) is 23.4 Å². The summed E-state index contributed by atoms with van der Waals surface area (Å²) in [6.07, 6.45) is 0.871. The third-order valence-electron chi connectivity index (χ3n) is 2.63. The van der Waals surface area contributed by atoms with Crippen LogP contribution in [0.25, 0.3) is 0 Å². The Kier molecular flexibility index (Phi) is 2.45. The average Bonchev–Trinajstić information content (AvgIpc) is 2.24. The van der Waals surface area contributed by atoms with Crippen LogP contribution < -0.4 is 0 Å². The summed E-state index contributed by atoms with van der Waals surface area (Å²) in [7, 11) is 1.91. The molecule has 0 bridgehead atoms. The molecule has 3 heteroatoms. The van der Waals surface area contributed by atoms with Crippen LogP contribution in [0.5, 0.6) is 0 Å². The summed E-state index contributed by atoms with van der Waals surface area (Å²) in [5, 5.41) is 8.97. The van der Waals surface area contributed by atoms with Crippen LogP contribution in [0, 0.1) is 13.8 Å². The van der Waals surface area contributed by atoms with E-state index >= 15 is 0 Å². The number of carbonyl (C=O) groups is 1. The maximum Gasteiger partial charge on any atom is 0.337 e. The molecule has 0 atom stereocenters. The van der Waals surface area contributed by atoms with E-state index in [1.165, 1.54) is 0 Å². The maximum absolute atomic E-state index is 10.9. The fourth-order valence-corrected chi connectivity index (χ4v) is 1.85. The third kappa shape index (κ3) is 1.34. The van der Waals surface area contributed by atoms with Gasteiger partial charge in [-0.3, -0.25) is 0 Å². The predicted octanol–water partition coefficient (Wildman–Crippen LogP) is 1.90. The Bertz CT molecular complexity index is 350. The van der Waals surface area contributed by atoms with Crippen LogP contribution in [0.4, 0.5) is 0 Å². The minimum Gasteiger partial charge on any atom is -0.478 e. The zero-order valence-electron chi connectivity index (χ0n) is 8.51. The maximum atomic E-state index is 10.9. The molecule has 1 N–H and O–H groups in total. The first-order valence-corrected chi connectivity index (χ1v) is 4.38. The first kappa shape index (κ1) is 9.84. The van der Waals surface area contributed by atoms with Gasteiger partial charge in [0.1, 0.15) is 0 Å². The normalized spacial score (nSPS) is 10.5. The van der Waals surface area contributed by atoms with Gasteiger partial charge in [-0.05, 0) is 25.8 Å². The van der Waals surface area contributed by atoms with Gasteiger partial charge >= 0.3 is 5.97 Å². The molecule has 1 heterocycles. The van der Waals surface area contributed by atoms with Gasteiger partial charge in [-0.25, -0.2) is 4.79 Å². The highest BCUT2D eigenvalue weighted by Crippen LogP contribution is 2.21. The molecule has 0 aliphatic rings. The molecular weight excluding hydrogens is 166 g/mol. The molecule has 1 rings (SSSR count). The number of aromatic nitrogens is 1. The number of carboxylic acid groups (broad SMARTS) is 1. The second-order valence-corrected chi connectivity index (χ2v) is 3.25. The highest BCUT2D eigenvalue weighted by atomic mass is 16.4. The van der Waals surface area contributed by atoms with Gasteiger partial charge in [0.05, 0.1) is 5.56 Å². The number of hydrogen-bond acceptors (Lipinski definition) is 1. The fourth-order valence-electron chi connectivity index (χ4n) is 1.85. The van der Waals surface area contributed by atoms with Crippen molar-refractivity contribution in [2.24, 2.45) is 7.05 Å². The molecule has 0 radical (unpaired) electrons. The molecule has 0 aliphatic carbocycles. The number of carboxylic acids is 1. The van der Waals surface area contributed by atoms with Crippen molar-refractivity contribution in [3.8, 4) is 0 Å². The molecule has 13 heavy (non-hydrogen) atoms. The van der Waals surface area contributed by atoms with Crippen LogP contribution in [0.15, 0.2) is 0 Å². The lowest BCUT2D eigenvalue weighted by atomic mass is 10.1. The van der Waals surface area contributed by atoms with Crippen molar-refractivity contribution in [3.05, 3.63) is 22.5 Å². The number of aromatic carboxylic acids is 1. The summed E-state index contributed by atoms with van der Waals surface area (Å²) >= 11 is 0. The number of rotatable bonds is 2. The van der Waals surface area contributed by atoms with Crippen LogP contribution in [0.2, 0.25) is 0 Å². The Balaban J connectivity index is 3.45. The van der Waals surface area contributed by atoms with Gasteiger partial charge in [-0.15, -0.1) is 0 Å². The van der Waals surface area contributed by atoms with Gasteiger partial charge in [0.15, 0.2) is 0 Å². The Morgan fingerprint density at radius 2 is 2.00 bits per heavy atom. The molecule has 3 nitrogen and oxygen atoms in total. The van der Waals surface area contributed by atoms with E-state index in [1.54, 1.807) is 0 Å². The van der Waals surface area contributed by atoms with Gasteiger partial charge in [0, 0.05) is 18.4 Å². The van der Waals surface area contributed by atoms with Gasteiger partial charge in [-0.1, -0.05) is 6.92 Å². The Hall–Kier alpha value is -1.25. The Morgan fingerprint density at radius 3 is 2.23 bits per heavy atom. The summed E-state index contributed by atoms with van der Waals surface area (Å²) in [4.78, 5) is 10.9. The summed E-state index contributed by atoms with van der Waals surface area (Å²) in [5.74, 6) is -0.828. The van der Waals surface area contributed by atoms with Crippen LogP contribution in [-0.2, 0) is 13.5 Å². The summed E-state index contributed by atoms with van der Waals surface area (Å²) in [5.41, 5.74) is 3.30. The summed E-state index contributed by atoms with van der Waals surface area (Å²) in [6, 6.07) is 0. The third-order valence-corrected chi connectivity index (χ3v) is 2.63. The van der Waals surface area contributed by atoms with Crippen LogP contribution in [-0.4, -0.2) is 15.6 Å². The van der Waals surface area contributed by atoms with E-state index in [1.807, 2.05) is 32.4 Å². The first-order chi connectivity index (χ1) is 6.00. The monoisotopic (exact) mass is 181 g/mol. The highest BCUT2D eigenvalue weighted by Gasteiger charge is 2.18. The molecule has 0 amide bonds. The number of hydrogen-bond donors (Lipinski definition) is 1. The molecule has 0 saturated heterocycles. The first-order valence-electron chi connectivity index (χ1n) is 4.38. The molecule has 0 fully saturated rings. The molecule has 72 valence electrons. The molecule has 0 saturated carbocycles. The largest absolute Gasteiger partial charge is 0.478 e. The molecule has 0 aliphatic heterocycles. The number of nitrogens with zero attached hydrogens (tertiary/aromatic N) is 1. The minimum atomic E-state index is -0.828. The van der Waals surface area contributed by atoms with E-state index in [-0.39, 0.29) is 0 Å². The highest BCUT2D eigenvalue weighted by molar-refractivity contribution is 5.91. The van der Waals surface area contributed by atoms with Crippen LogP contribution >= 0.6 is 0 Å². The van der Waals surface area contributed by atoms with Gasteiger partial charge in [0.2, 0.25) is 0 Å². The van der Waals surface area contributed by atoms with Gasteiger partial charge in [-0.2, -0.15) is 0 Å². The van der Waals surface area contributed by atoms with Crippen molar-refractivity contribution in [2.75, 3.05) is 0 Å². The summed E-state index contributed by atoms with van der Waals surface area (Å²) < 4.78 is 1.96. The molecule has 1 aromatic heterocycles. The minimum absolute atomic E-state index is 0.458. The van der Waals surface area contributed by atoms with Crippen molar-refractivity contribution >= 4 is 5.97 Å². The van der Waals surface area contributed by atoms with E-state index in [2.05, 4.69) is 0 Å². The average molecular weight is 181 g/mol. The van der Waals surface area contributed by atoms with Crippen molar-refractivity contribution < 1.29 is 9.90 Å². The second kappa shape index (κ2) is 3.24. The van der Waals surface area contributed by atoms with E-state index in [0.29, 0.717) is 5.56 Å². The lowest BCUT2D eigenvalue weighted by Gasteiger charge is -2.01. The van der Waals surface area contributed by atoms with Gasteiger partial charge in [0.25, 0.3) is 0 Å². The Morgan fingerprint density at radius 1 is 1.46 bits per heavy atom. The lowest BCUT2D eigenvalue weighted by Crippen LogP contribution is -2.00. The molecule has 0 spiro atoms. The Labute approximate surface area is 78.0 Å². The van der Waals surface area contributed by atoms with Crippen molar-refractivity contribution in [3.63, 3.8) is 0 Å². The smallest absolute Gasteiger partial charge is 0.337 e. The van der Waals surface area contributed by atoms with E-state index < -0.39 is 5.97 Å². The lowest BCUT2D eigenvalue weighted by molar-refractivity contribution is 0.0695. The quantitative estimate of drug-likeness (QED) is 0.757. The predicted molar refractivity (Wildman–Crippen MR) is 51.2 cm³/mol. The topological polar surface area (TPSA) is 42.2 Å². The fraction of sp³-hybridized carbons (Fsp3) is 0.500. The molecule has 0 aromatic carbocycles. The standard InChI is InChI=1S/C10H15NO2/c1-5-8-6(2)9(10(12)13)7(3)11(8)4/h5H2,1-4H3,(H,12,13).